The number of nitrogens with zero attached hydrogens (tertiary/aromatic N) is 2. The molecule has 1 saturated heterocycles. The Bertz CT molecular complexity index is 1010. The molecule has 164 valence electrons. The van der Waals surface area contributed by atoms with E-state index in [4.69, 9.17) is 16.6 Å². The lowest BCUT2D eigenvalue weighted by molar-refractivity contribution is 0.292. The van der Waals surface area contributed by atoms with Crippen LogP contribution in [-0.2, 0) is 0 Å². The minimum Gasteiger partial charge on any atom is -0.360 e. The third kappa shape index (κ3) is 4.86. The van der Waals surface area contributed by atoms with Crippen LogP contribution in [0, 0.1) is 5.92 Å². The zero-order chi connectivity index (χ0) is 21.0. The van der Waals surface area contributed by atoms with E-state index in [9.17, 15) is 0 Å². The highest BCUT2D eigenvalue weighted by atomic mass is 35.5. The molecule has 1 unspecified atom stereocenters. The van der Waals surface area contributed by atoms with E-state index in [2.05, 4.69) is 38.1 Å². The Hall–Kier alpha value is -2.15. The lowest BCUT2D eigenvalue weighted by Crippen LogP contribution is -2.43. The van der Waals surface area contributed by atoms with Crippen molar-refractivity contribution < 1.29 is 0 Å². The predicted octanol–water partition coefficient (Wildman–Crippen LogP) is 4.59. The maximum atomic E-state index is 6.49. The minimum atomic E-state index is 0.408. The summed E-state index contributed by atoms with van der Waals surface area (Å²) in [4.78, 5) is 12.6. The highest BCUT2D eigenvalue weighted by molar-refractivity contribution is 6.33. The van der Waals surface area contributed by atoms with Crippen LogP contribution in [0.5, 0.6) is 0 Å². The van der Waals surface area contributed by atoms with Crippen molar-refractivity contribution >= 4 is 28.5 Å². The summed E-state index contributed by atoms with van der Waals surface area (Å²) in [5.41, 5.74) is 2.87. The number of para-hydroxylation sites is 1. The van der Waals surface area contributed by atoms with Crippen LogP contribution in [0.2, 0.25) is 5.02 Å². The Morgan fingerprint density at radius 1 is 1.06 bits per heavy atom. The van der Waals surface area contributed by atoms with Crippen LogP contribution in [0.25, 0.3) is 22.2 Å². The van der Waals surface area contributed by atoms with Gasteiger partial charge < -0.3 is 20.9 Å². The fraction of sp³-hybridized carbons (Fsp3) is 0.500. The fourth-order valence-electron chi connectivity index (χ4n) is 5.04. The molecule has 3 aromatic rings. The highest BCUT2D eigenvalue weighted by Gasteiger charge is 2.24. The van der Waals surface area contributed by atoms with E-state index in [-0.39, 0.29) is 0 Å². The summed E-state index contributed by atoms with van der Waals surface area (Å²) in [6, 6.07) is 9.30. The molecule has 6 nitrogen and oxygen atoms in total. The van der Waals surface area contributed by atoms with E-state index in [0.29, 0.717) is 29.0 Å². The first-order valence-corrected chi connectivity index (χ1v) is 11.9. The molecule has 1 aliphatic heterocycles. The van der Waals surface area contributed by atoms with Gasteiger partial charge in [0.2, 0.25) is 5.95 Å². The third-order valence-corrected chi connectivity index (χ3v) is 7.02. The summed E-state index contributed by atoms with van der Waals surface area (Å²) in [5, 5.41) is 12.5. The summed E-state index contributed by atoms with van der Waals surface area (Å²) in [6.45, 7) is 3.39. The number of piperidine rings is 1. The van der Waals surface area contributed by atoms with Crippen molar-refractivity contribution in [3.05, 3.63) is 41.7 Å². The van der Waals surface area contributed by atoms with E-state index in [1.807, 2.05) is 18.3 Å². The molecule has 3 heterocycles. The number of benzene rings is 1. The number of rotatable bonds is 6. The van der Waals surface area contributed by atoms with E-state index < -0.39 is 0 Å². The minimum absolute atomic E-state index is 0.408. The Labute approximate surface area is 188 Å². The van der Waals surface area contributed by atoms with Crippen LogP contribution < -0.4 is 16.0 Å². The average Bonchev–Trinajstić information content (AvgIpc) is 3.24. The van der Waals surface area contributed by atoms with Crippen LogP contribution in [0.4, 0.5) is 5.95 Å². The number of fused-ring (bicyclic) bond motifs is 1. The Kier molecular flexibility index (Phi) is 6.39. The number of aromatic nitrogens is 3. The lowest BCUT2D eigenvalue weighted by Gasteiger charge is -2.32. The molecule has 1 aliphatic carbocycles. The largest absolute Gasteiger partial charge is 0.360 e. The second kappa shape index (κ2) is 9.55. The van der Waals surface area contributed by atoms with Crippen LogP contribution in [0.15, 0.2) is 36.7 Å². The molecule has 7 heteroatoms. The summed E-state index contributed by atoms with van der Waals surface area (Å²) >= 11 is 6.49. The van der Waals surface area contributed by atoms with Gasteiger partial charge in [0.25, 0.3) is 0 Å². The van der Waals surface area contributed by atoms with Gasteiger partial charge in [-0.2, -0.15) is 0 Å². The Morgan fingerprint density at radius 2 is 1.94 bits per heavy atom. The van der Waals surface area contributed by atoms with Crippen LogP contribution >= 0.6 is 11.6 Å². The van der Waals surface area contributed by atoms with Gasteiger partial charge in [-0.1, -0.05) is 36.2 Å². The summed E-state index contributed by atoms with van der Waals surface area (Å²) in [6.07, 6.45) is 11.0. The Morgan fingerprint density at radius 3 is 2.84 bits per heavy atom. The fourth-order valence-corrected chi connectivity index (χ4v) is 5.24. The van der Waals surface area contributed by atoms with Crippen molar-refractivity contribution in [2.45, 2.75) is 50.6 Å². The number of aromatic amines is 1. The first-order valence-electron chi connectivity index (χ1n) is 11.6. The second-order valence-electron chi connectivity index (χ2n) is 8.94. The molecule has 2 fully saturated rings. The molecular formula is C24H31ClN6. The monoisotopic (exact) mass is 438 g/mol. The number of hydrogen-bond donors (Lipinski definition) is 4. The Balaban J connectivity index is 1.25. The van der Waals surface area contributed by atoms with Crippen LogP contribution in [0.1, 0.15) is 38.5 Å². The van der Waals surface area contributed by atoms with Crippen molar-refractivity contribution in [2.24, 2.45) is 5.92 Å². The summed E-state index contributed by atoms with van der Waals surface area (Å²) in [5.74, 6) is 1.38. The topological polar surface area (TPSA) is 77.7 Å². The molecule has 2 atom stereocenters. The standard InChI is InChI=1S/C24H31ClN6/c25-21-15-29-24(31-23(21)20-14-28-22-7-2-1-6-19(20)22)30-18-5-3-4-16(12-18)13-27-17-8-10-26-11-9-17/h1-2,6-7,14-18,26-28H,3-5,8-13H2,(H,29,30,31)/t16-,18?/m0/s1. The molecule has 4 N–H and O–H groups in total. The van der Waals surface area contributed by atoms with Gasteiger partial charge in [0.05, 0.1) is 16.9 Å². The van der Waals surface area contributed by atoms with E-state index >= 15 is 0 Å². The number of H-pyrrole nitrogens is 1. The van der Waals surface area contributed by atoms with Gasteiger partial charge >= 0.3 is 0 Å². The summed E-state index contributed by atoms with van der Waals surface area (Å²) < 4.78 is 0. The lowest BCUT2D eigenvalue weighted by atomic mass is 9.85. The van der Waals surface area contributed by atoms with Gasteiger partial charge in [-0.15, -0.1) is 0 Å². The molecule has 0 amide bonds. The average molecular weight is 439 g/mol. The van der Waals surface area contributed by atoms with Gasteiger partial charge in [0, 0.05) is 34.7 Å². The molecule has 2 aliphatic rings. The molecule has 0 bridgehead atoms. The number of anilines is 1. The first-order chi connectivity index (χ1) is 15.3. The van der Waals surface area contributed by atoms with Crippen LogP contribution in [0.3, 0.4) is 0 Å². The smallest absolute Gasteiger partial charge is 0.223 e. The van der Waals surface area contributed by atoms with E-state index in [1.54, 1.807) is 6.20 Å². The van der Waals surface area contributed by atoms with Gasteiger partial charge in [-0.25, -0.2) is 9.97 Å². The highest BCUT2D eigenvalue weighted by Crippen LogP contribution is 2.33. The van der Waals surface area contributed by atoms with E-state index in [0.717, 1.165) is 54.6 Å². The van der Waals surface area contributed by atoms with Crippen molar-refractivity contribution in [3.8, 4) is 11.3 Å². The zero-order valence-electron chi connectivity index (χ0n) is 17.8. The molecule has 0 spiro atoms. The van der Waals surface area contributed by atoms with Crippen molar-refractivity contribution in [2.75, 3.05) is 25.0 Å². The molecule has 1 aromatic carbocycles. The van der Waals surface area contributed by atoms with E-state index in [1.165, 1.54) is 25.7 Å². The molecule has 2 aromatic heterocycles. The summed E-state index contributed by atoms with van der Waals surface area (Å²) in [7, 11) is 0. The predicted molar refractivity (Wildman–Crippen MR) is 128 cm³/mol. The van der Waals surface area contributed by atoms with Crippen molar-refractivity contribution in [3.63, 3.8) is 0 Å². The first kappa shape index (κ1) is 20.7. The molecule has 5 rings (SSSR count). The molecule has 0 radical (unpaired) electrons. The van der Waals surface area contributed by atoms with Crippen molar-refractivity contribution in [1.82, 2.24) is 25.6 Å². The number of nitrogens with one attached hydrogen (secondary N) is 4. The quantitative estimate of drug-likeness (QED) is 0.452. The number of halogens is 1. The van der Waals surface area contributed by atoms with Gasteiger partial charge in [-0.05, 0) is 63.7 Å². The molecule has 31 heavy (non-hydrogen) atoms. The maximum absolute atomic E-state index is 6.49. The van der Waals surface area contributed by atoms with Gasteiger partial charge in [-0.3, -0.25) is 0 Å². The van der Waals surface area contributed by atoms with Gasteiger partial charge in [0.15, 0.2) is 0 Å². The van der Waals surface area contributed by atoms with Crippen LogP contribution in [-0.4, -0.2) is 46.7 Å². The van der Waals surface area contributed by atoms with Gasteiger partial charge in [0.1, 0.15) is 0 Å². The van der Waals surface area contributed by atoms with Crippen molar-refractivity contribution in [1.29, 1.82) is 0 Å². The normalized spacial score (nSPS) is 22.6. The number of hydrogen-bond acceptors (Lipinski definition) is 5. The zero-order valence-corrected chi connectivity index (χ0v) is 18.6. The maximum Gasteiger partial charge on any atom is 0.223 e. The molecule has 1 saturated carbocycles. The second-order valence-corrected chi connectivity index (χ2v) is 9.35. The third-order valence-electron chi connectivity index (χ3n) is 6.74. The molecular weight excluding hydrogens is 408 g/mol. The SMILES string of the molecule is Clc1cnc(NC2CCC[C@H](CNC3CCNCC3)C2)nc1-c1c[nH]c2ccccc12.